The molecule has 1 unspecified atom stereocenters. The average Bonchev–Trinajstić information content (AvgIpc) is 3.28. The van der Waals surface area contributed by atoms with Gasteiger partial charge in [0.05, 0.1) is 24.4 Å². The molecule has 3 fully saturated rings. The lowest BCUT2D eigenvalue weighted by atomic mass is 9.67. The zero-order chi connectivity index (χ0) is 48.2. The second-order valence-corrected chi connectivity index (χ2v) is 20.6. The normalized spacial score (nSPS) is 40.5. The topological polar surface area (TPSA) is 177 Å². The maximum absolute atomic E-state index is 14.6. The highest BCUT2D eigenvalue weighted by molar-refractivity contribution is 6.39. The molecule has 4 aliphatic rings. The van der Waals surface area contributed by atoms with Crippen LogP contribution in [-0.4, -0.2) is 119 Å². The summed E-state index contributed by atoms with van der Waals surface area (Å²) < 4.78 is 17.1. The van der Waals surface area contributed by atoms with Crippen LogP contribution in [0.25, 0.3) is 0 Å². The molecule has 12 nitrogen and oxygen atoms in total. The van der Waals surface area contributed by atoms with Crippen LogP contribution in [0, 0.1) is 47.3 Å². The molecule has 12 heteroatoms. The smallest absolute Gasteiger partial charge is 0.293 e. The number of aliphatic hydroxyl groups is 3. The summed E-state index contributed by atoms with van der Waals surface area (Å²) in [5, 5.41) is 34.2. The van der Waals surface area contributed by atoms with Gasteiger partial charge in [-0.3, -0.25) is 24.0 Å². The average molecular weight is 910 g/mol. The van der Waals surface area contributed by atoms with Crippen LogP contribution in [-0.2, 0) is 38.2 Å². The van der Waals surface area contributed by atoms with Crippen molar-refractivity contribution in [2.75, 3.05) is 27.9 Å². The molecule has 366 valence electrons. The van der Waals surface area contributed by atoms with Gasteiger partial charge in [-0.15, -0.1) is 0 Å². The molecule has 2 saturated carbocycles. The minimum atomic E-state index is -1.89. The van der Waals surface area contributed by atoms with E-state index in [1.54, 1.807) is 34.1 Å². The van der Waals surface area contributed by atoms with E-state index in [9.17, 15) is 39.3 Å². The van der Waals surface area contributed by atoms with Crippen molar-refractivity contribution in [2.24, 2.45) is 47.3 Å². The van der Waals surface area contributed by atoms with Crippen molar-refractivity contribution >= 4 is 29.0 Å². The van der Waals surface area contributed by atoms with Gasteiger partial charge in [-0.2, -0.15) is 0 Å². The number of amides is 1. The Hall–Kier alpha value is -3.13. The van der Waals surface area contributed by atoms with E-state index in [1.807, 2.05) is 58.1 Å². The first kappa shape index (κ1) is 54.5. The number of hydrogen-bond donors (Lipinski definition) is 3. The summed E-state index contributed by atoms with van der Waals surface area (Å²) in [7, 11) is 4.64. The summed E-state index contributed by atoms with van der Waals surface area (Å²) in [6.07, 6.45) is 15.1. The molecule has 4 rings (SSSR count). The van der Waals surface area contributed by atoms with Crippen molar-refractivity contribution in [1.29, 1.82) is 0 Å². The second kappa shape index (κ2) is 25.3. The minimum absolute atomic E-state index is 0.0194. The number of ketones is 4. The van der Waals surface area contributed by atoms with E-state index >= 15 is 0 Å². The van der Waals surface area contributed by atoms with Gasteiger partial charge >= 0.3 is 0 Å². The molecule has 2 heterocycles. The molecule has 0 aromatic carbocycles. The van der Waals surface area contributed by atoms with Gasteiger partial charge in [-0.25, -0.2) is 0 Å². The Morgan fingerprint density at radius 2 is 1.51 bits per heavy atom. The zero-order valence-corrected chi connectivity index (χ0v) is 41.2. The summed E-state index contributed by atoms with van der Waals surface area (Å²) in [6.45, 7) is 13.4. The number of hydrogen-bond acceptors (Lipinski definition) is 11. The Kier molecular flexibility index (Phi) is 21.2. The molecule has 2 aliphatic heterocycles. The maximum Gasteiger partial charge on any atom is 0.293 e. The highest BCUT2D eigenvalue weighted by Crippen LogP contribution is 2.42. The first-order valence-corrected chi connectivity index (χ1v) is 24.6. The van der Waals surface area contributed by atoms with Crippen LogP contribution in [0.3, 0.4) is 0 Å². The summed E-state index contributed by atoms with van der Waals surface area (Å²) >= 11 is 0. The summed E-state index contributed by atoms with van der Waals surface area (Å²) in [4.78, 5) is 72.7. The van der Waals surface area contributed by atoms with Gasteiger partial charge in [-0.1, -0.05) is 71.1 Å². The lowest BCUT2D eigenvalue weighted by Crippen LogP contribution is -2.59. The SMILES string of the molecule is CO[C@H]1C[C@@H]2CC[C@@H](C)[C@@](O)(C2)C(=O)C(=O)N2CCCC[C@H]2C(=O)C[C@H]([C@H](C)CC2CC[C@@H](O)[C@H](OC)C2)CC(=O)[C@H](C)/C=C(\C)[C@@H](O)[C@@H](OC)C(=O)[C@H](C)C[C@H](C)/C=C/C=C/C=C/1C. The molecule has 0 radical (unpaired) electrons. The van der Waals surface area contributed by atoms with E-state index in [2.05, 4.69) is 6.92 Å². The number of rotatable bonds is 6. The molecular weight excluding hydrogens is 827 g/mol. The standard InChI is InChI=1S/C53H83NO11/c1-32-16-12-11-13-17-33(2)46(63-8)28-40-20-19-38(7)53(62,31-40)51(60)52(61)54-23-15-14-18-42(54)45(57)30-41(34(3)26-39-21-22-43(55)47(27-39)64-9)29-44(56)35(4)25-37(6)49(59)50(65-10)48(58)36(5)24-32/h11-13,16-17,25,32,34-36,38-43,46-47,49-50,55,59,62H,14-15,18-24,26-31H2,1-10H3/b13-11+,16-12+,33-17+,37-25+/t32-,34-,35-,36-,38-,39?,40+,41-,42+,43-,46+,47-,49-,50+,53+/m1/s1. The Morgan fingerprint density at radius 3 is 2.18 bits per heavy atom. The fourth-order valence-corrected chi connectivity index (χ4v) is 11.2. The molecular formula is C53H83NO11. The number of nitrogens with zero attached hydrogens (tertiary/aromatic N) is 1. The molecule has 2 aliphatic carbocycles. The number of piperidine rings is 1. The monoisotopic (exact) mass is 910 g/mol. The van der Waals surface area contributed by atoms with Crippen LogP contribution in [0.2, 0.25) is 0 Å². The number of aliphatic hydroxyl groups excluding tert-OH is 2. The van der Waals surface area contributed by atoms with E-state index in [0.29, 0.717) is 63.4 Å². The number of allylic oxidation sites excluding steroid dienone is 6. The highest BCUT2D eigenvalue weighted by atomic mass is 16.5. The molecule has 0 spiro atoms. The number of carbonyl (C=O) groups is 5. The maximum atomic E-state index is 14.6. The lowest BCUT2D eigenvalue weighted by Gasteiger charge is -2.43. The van der Waals surface area contributed by atoms with Crippen molar-refractivity contribution in [2.45, 2.75) is 181 Å². The molecule has 3 N–H and O–H groups in total. The Labute approximate surface area is 389 Å². The van der Waals surface area contributed by atoms with Crippen LogP contribution in [0.1, 0.15) is 138 Å². The van der Waals surface area contributed by atoms with Gasteiger partial charge in [-0.05, 0) is 138 Å². The highest BCUT2D eigenvalue weighted by Gasteiger charge is 2.51. The van der Waals surface area contributed by atoms with Crippen LogP contribution >= 0.6 is 0 Å². The van der Waals surface area contributed by atoms with Crippen molar-refractivity contribution in [3.05, 3.63) is 47.6 Å². The van der Waals surface area contributed by atoms with Crippen LogP contribution in [0.5, 0.6) is 0 Å². The number of ether oxygens (including phenoxy) is 3. The van der Waals surface area contributed by atoms with Crippen molar-refractivity contribution in [3.63, 3.8) is 0 Å². The van der Waals surface area contributed by atoms with Gasteiger partial charge in [0.1, 0.15) is 23.6 Å². The van der Waals surface area contributed by atoms with Crippen molar-refractivity contribution < 1.29 is 53.5 Å². The minimum Gasteiger partial charge on any atom is -0.390 e. The van der Waals surface area contributed by atoms with Crippen molar-refractivity contribution in [1.82, 2.24) is 4.90 Å². The zero-order valence-electron chi connectivity index (χ0n) is 41.2. The number of fused-ring (bicyclic) bond motifs is 3. The lowest BCUT2D eigenvalue weighted by molar-refractivity contribution is -0.165. The fraction of sp³-hybridized carbons (Fsp3) is 0.755. The number of carbonyl (C=O) groups excluding carboxylic acids is 5. The molecule has 0 aromatic heterocycles. The summed E-state index contributed by atoms with van der Waals surface area (Å²) in [5.41, 5.74) is -0.476. The Morgan fingerprint density at radius 1 is 0.800 bits per heavy atom. The first-order chi connectivity index (χ1) is 30.7. The van der Waals surface area contributed by atoms with E-state index in [0.717, 1.165) is 18.4 Å². The van der Waals surface area contributed by atoms with Crippen LogP contribution in [0.4, 0.5) is 0 Å². The molecule has 1 saturated heterocycles. The van der Waals surface area contributed by atoms with Crippen molar-refractivity contribution in [3.8, 4) is 0 Å². The van der Waals surface area contributed by atoms with Crippen LogP contribution in [0.15, 0.2) is 47.6 Å². The molecule has 2 bridgehead atoms. The van der Waals surface area contributed by atoms with Gasteiger partial charge in [0.25, 0.3) is 11.7 Å². The summed E-state index contributed by atoms with van der Waals surface area (Å²) in [6, 6.07) is -0.862. The fourth-order valence-electron chi connectivity index (χ4n) is 11.2. The van der Waals surface area contributed by atoms with Gasteiger partial charge in [0.15, 0.2) is 11.6 Å². The Balaban J connectivity index is 1.70. The van der Waals surface area contributed by atoms with Crippen LogP contribution < -0.4 is 0 Å². The summed E-state index contributed by atoms with van der Waals surface area (Å²) in [5.74, 6) is -4.08. The second-order valence-electron chi connectivity index (χ2n) is 20.6. The van der Waals surface area contributed by atoms with Gasteiger partial charge in [0.2, 0.25) is 0 Å². The molecule has 65 heavy (non-hydrogen) atoms. The predicted octanol–water partition coefficient (Wildman–Crippen LogP) is 7.51. The quantitative estimate of drug-likeness (QED) is 0.178. The van der Waals surface area contributed by atoms with E-state index in [1.165, 1.54) is 12.0 Å². The van der Waals surface area contributed by atoms with Gasteiger partial charge in [0, 0.05) is 52.6 Å². The molecule has 1 amide bonds. The first-order valence-electron chi connectivity index (χ1n) is 24.6. The largest absolute Gasteiger partial charge is 0.390 e. The molecule has 0 aromatic rings. The van der Waals surface area contributed by atoms with E-state index in [4.69, 9.17) is 14.2 Å². The third-order valence-electron chi connectivity index (χ3n) is 15.6. The number of methoxy groups -OCH3 is 3. The van der Waals surface area contributed by atoms with E-state index < -0.39 is 65.3 Å². The predicted molar refractivity (Wildman–Crippen MR) is 252 cm³/mol. The third-order valence-corrected chi connectivity index (χ3v) is 15.6. The molecule has 15 atom stereocenters. The van der Waals surface area contributed by atoms with E-state index in [-0.39, 0.29) is 79.0 Å². The Bertz CT molecular complexity index is 1750. The number of Topliss-reactive ketones (excluding diaryl/α,β-unsaturated/α-hetero) is 4. The van der Waals surface area contributed by atoms with Gasteiger partial charge < -0.3 is 34.4 Å². The third kappa shape index (κ3) is 14.4.